The van der Waals surface area contributed by atoms with E-state index >= 15 is 0 Å². The third kappa shape index (κ3) is 2.74. The summed E-state index contributed by atoms with van der Waals surface area (Å²) in [6, 6.07) is 0. The van der Waals surface area contributed by atoms with Crippen LogP contribution in [0.4, 0.5) is 0 Å². The number of aromatic nitrogens is 2. The van der Waals surface area contributed by atoms with Crippen molar-refractivity contribution in [2.24, 2.45) is 5.92 Å². The first kappa shape index (κ1) is 10.0. The number of hydrogen-bond donors (Lipinski definition) is 1. The van der Waals surface area contributed by atoms with Gasteiger partial charge in [-0.3, -0.25) is 0 Å². The van der Waals surface area contributed by atoms with Gasteiger partial charge in [0.05, 0.1) is 0 Å². The van der Waals surface area contributed by atoms with Gasteiger partial charge in [-0.2, -0.15) is 0 Å². The molecule has 14 heavy (non-hydrogen) atoms. The second-order valence-electron chi connectivity index (χ2n) is 4.22. The fourth-order valence-electron chi connectivity index (χ4n) is 2.31. The largest absolute Gasteiger partial charge is 0.349 e. The summed E-state index contributed by atoms with van der Waals surface area (Å²) >= 11 is 6.29. The second-order valence-corrected chi connectivity index (χ2v) is 4.84. The minimum Gasteiger partial charge on any atom is -0.349 e. The number of nitrogens with zero attached hydrogens (tertiary/aromatic N) is 1. The minimum absolute atomic E-state index is 0.254. The Balaban J connectivity index is 1.75. The zero-order chi connectivity index (χ0) is 9.80. The second kappa shape index (κ2) is 4.83. The molecule has 1 aliphatic carbocycles. The third-order valence-electron chi connectivity index (χ3n) is 3.03. The molecule has 1 fully saturated rings. The standard InChI is InChI=1S/C11H17ClN2/c12-10(7-9-3-1-2-4-9)8-11-13-5-6-14-11/h5-6,9-10H,1-4,7-8H2,(H,13,14). The van der Waals surface area contributed by atoms with E-state index in [1.165, 1.54) is 25.7 Å². The van der Waals surface area contributed by atoms with Crippen LogP contribution in [0.5, 0.6) is 0 Å². The molecule has 3 heteroatoms. The summed E-state index contributed by atoms with van der Waals surface area (Å²) in [6.07, 6.45) is 11.2. The molecule has 1 unspecified atom stereocenters. The minimum atomic E-state index is 0.254. The predicted octanol–water partition coefficient (Wildman–Crippen LogP) is 3.14. The van der Waals surface area contributed by atoms with Gasteiger partial charge in [0.1, 0.15) is 5.82 Å². The molecule has 2 nitrogen and oxygen atoms in total. The quantitative estimate of drug-likeness (QED) is 0.764. The van der Waals surface area contributed by atoms with Crippen LogP contribution in [0.1, 0.15) is 37.9 Å². The zero-order valence-electron chi connectivity index (χ0n) is 8.38. The molecule has 78 valence electrons. The summed E-state index contributed by atoms with van der Waals surface area (Å²) in [4.78, 5) is 7.29. The van der Waals surface area contributed by atoms with Gasteiger partial charge in [-0.1, -0.05) is 25.7 Å². The lowest BCUT2D eigenvalue weighted by Crippen LogP contribution is -2.09. The van der Waals surface area contributed by atoms with Crippen molar-refractivity contribution in [3.8, 4) is 0 Å². The van der Waals surface area contributed by atoms with Crippen molar-refractivity contribution in [1.82, 2.24) is 9.97 Å². The van der Waals surface area contributed by atoms with Crippen LogP contribution >= 0.6 is 11.6 Å². The molecule has 1 heterocycles. The summed E-state index contributed by atoms with van der Waals surface area (Å²) in [7, 11) is 0. The molecule has 0 aromatic carbocycles. The molecule has 1 aromatic heterocycles. The Bertz CT molecular complexity index is 252. The van der Waals surface area contributed by atoms with Crippen LogP contribution < -0.4 is 0 Å². The highest BCUT2D eigenvalue weighted by atomic mass is 35.5. The lowest BCUT2D eigenvalue weighted by Gasteiger charge is -2.12. The fourth-order valence-corrected chi connectivity index (χ4v) is 2.71. The van der Waals surface area contributed by atoms with Gasteiger partial charge in [-0.25, -0.2) is 4.98 Å². The van der Waals surface area contributed by atoms with Crippen molar-refractivity contribution in [2.75, 3.05) is 0 Å². The summed E-state index contributed by atoms with van der Waals surface area (Å²) in [5.41, 5.74) is 0. The highest BCUT2D eigenvalue weighted by Crippen LogP contribution is 2.30. The van der Waals surface area contributed by atoms with Crippen molar-refractivity contribution >= 4 is 11.6 Å². The molecular weight excluding hydrogens is 196 g/mol. The maximum atomic E-state index is 6.29. The topological polar surface area (TPSA) is 28.7 Å². The Hall–Kier alpha value is -0.500. The molecule has 1 aliphatic rings. The monoisotopic (exact) mass is 212 g/mol. The maximum absolute atomic E-state index is 6.29. The van der Waals surface area contributed by atoms with Gasteiger partial charge in [0.2, 0.25) is 0 Å². The molecule has 0 aliphatic heterocycles. The van der Waals surface area contributed by atoms with Crippen LogP contribution in [-0.4, -0.2) is 15.3 Å². The predicted molar refractivity (Wildman–Crippen MR) is 58.5 cm³/mol. The molecule has 2 rings (SSSR count). The molecule has 1 aromatic rings. The normalized spacial score (nSPS) is 20.1. The third-order valence-corrected chi connectivity index (χ3v) is 3.37. The van der Waals surface area contributed by atoms with E-state index in [0.717, 1.165) is 24.6 Å². The van der Waals surface area contributed by atoms with E-state index in [9.17, 15) is 0 Å². The van der Waals surface area contributed by atoms with Crippen molar-refractivity contribution in [3.63, 3.8) is 0 Å². The number of nitrogens with one attached hydrogen (secondary N) is 1. The molecular formula is C11H17ClN2. The lowest BCUT2D eigenvalue weighted by molar-refractivity contribution is 0.485. The lowest BCUT2D eigenvalue weighted by atomic mass is 10.0. The van der Waals surface area contributed by atoms with Crippen LogP contribution in [0.3, 0.4) is 0 Å². The fraction of sp³-hybridized carbons (Fsp3) is 0.727. The molecule has 1 N–H and O–H groups in total. The molecule has 0 saturated heterocycles. The van der Waals surface area contributed by atoms with Gasteiger partial charge < -0.3 is 4.98 Å². The van der Waals surface area contributed by atoms with Crippen molar-refractivity contribution in [2.45, 2.75) is 43.9 Å². The number of imidazole rings is 1. The summed E-state index contributed by atoms with van der Waals surface area (Å²) in [5.74, 6) is 1.88. The Morgan fingerprint density at radius 2 is 2.29 bits per heavy atom. The SMILES string of the molecule is ClC(Cc1ncc[nH]1)CC1CCCC1. The van der Waals surface area contributed by atoms with Crippen LogP contribution in [-0.2, 0) is 6.42 Å². The summed E-state index contributed by atoms with van der Waals surface area (Å²) in [5, 5.41) is 0.254. The van der Waals surface area contributed by atoms with E-state index < -0.39 is 0 Å². The molecule has 1 atom stereocenters. The van der Waals surface area contributed by atoms with Gasteiger partial charge in [-0.15, -0.1) is 11.6 Å². The Morgan fingerprint density at radius 1 is 1.50 bits per heavy atom. The van der Waals surface area contributed by atoms with Crippen molar-refractivity contribution in [1.29, 1.82) is 0 Å². The average molecular weight is 213 g/mol. The van der Waals surface area contributed by atoms with Crippen LogP contribution in [0, 0.1) is 5.92 Å². The molecule has 0 amide bonds. The first-order chi connectivity index (χ1) is 6.84. The molecule has 0 bridgehead atoms. The van der Waals surface area contributed by atoms with Crippen LogP contribution in [0.2, 0.25) is 0 Å². The molecule has 0 spiro atoms. The Labute approximate surface area is 90.1 Å². The van der Waals surface area contributed by atoms with E-state index in [-0.39, 0.29) is 5.38 Å². The first-order valence-electron chi connectivity index (χ1n) is 5.47. The zero-order valence-corrected chi connectivity index (χ0v) is 9.13. The number of rotatable bonds is 4. The van der Waals surface area contributed by atoms with Gasteiger partial charge >= 0.3 is 0 Å². The van der Waals surface area contributed by atoms with Gasteiger partial charge in [0.15, 0.2) is 0 Å². The van der Waals surface area contributed by atoms with Gasteiger partial charge in [0, 0.05) is 24.2 Å². The highest BCUT2D eigenvalue weighted by Gasteiger charge is 2.19. The van der Waals surface area contributed by atoms with Gasteiger partial charge in [-0.05, 0) is 12.3 Å². The van der Waals surface area contributed by atoms with E-state index in [4.69, 9.17) is 11.6 Å². The van der Waals surface area contributed by atoms with E-state index in [1.807, 2.05) is 6.20 Å². The summed E-state index contributed by atoms with van der Waals surface area (Å²) in [6.45, 7) is 0. The van der Waals surface area contributed by atoms with Crippen LogP contribution in [0.25, 0.3) is 0 Å². The summed E-state index contributed by atoms with van der Waals surface area (Å²) < 4.78 is 0. The van der Waals surface area contributed by atoms with Crippen molar-refractivity contribution < 1.29 is 0 Å². The van der Waals surface area contributed by atoms with E-state index in [1.54, 1.807) is 6.20 Å². The molecule has 1 saturated carbocycles. The average Bonchev–Trinajstić information content (AvgIpc) is 2.76. The number of hydrogen-bond acceptors (Lipinski definition) is 1. The molecule has 0 radical (unpaired) electrons. The number of aromatic amines is 1. The smallest absolute Gasteiger partial charge is 0.107 e. The number of H-pyrrole nitrogens is 1. The Kier molecular flexibility index (Phi) is 3.46. The van der Waals surface area contributed by atoms with Crippen molar-refractivity contribution in [3.05, 3.63) is 18.2 Å². The maximum Gasteiger partial charge on any atom is 0.107 e. The number of alkyl halides is 1. The van der Waals surface area contributed by atoms with E-state index in [0.29, 0.717) is 0 Å². The first-order valence-corrected chi connectivity index (χ1v) is 5.90. The van der Waals surface area contributed by atoms with Gasteiger partial charge in [0.25, 0.3) is 0 Å². The van der Waals surface area contributed by atoms with E-state index in [2.05, 4.69) is 9.97 Å². The Morgan fingerprint density at radius 3 is 2.93 bits per heavy atom. The number of halogens is 1. The van der Waals surface area contributed by atoms with Crippen LogP contribution in [0.15, 0.2) is 12.4 Å². The highest BCUT2D eigenvalue weighted by molar-refractivity contribution is 6.20.